The molecular weight excluding hydrogens is 489 g/mol. The van der Waals surface area contributed by atoms with Gasteiger partial charge >= 0.3 is 6.09 Å². The minimum Gasteiger partial charge on any atom is -0.444 e. The Hall–Kier alpha value is -2.14. The van der Waals surface area contributed by atoms with Gasteiger partial charge in [-0.15, -0.1) is 11.8 Å². The van der Waals surface area contributed by atoms with Gasteiger partial charge < -0.3 is 9.64 Å². The van der Waals surface area contributed by atoms with Gasteiger partial charge in [-0.25, -0.2) is 22.7 Å². The van der Waals surface area contributed by atoms with Crippen LogP contribution in [0.5, 0.6) is 0 Å². The smallest absolute Gasteiger partial charge is 0.410 e. The van der Waals surface area contributed by atoms with Crippen LogP contribution in [0.4, 0.5) is 9.18 Å². The highest BCUT2D eigenvalue weighted by Crippen LogP contribution is 2.37. The third-order valence-corrected chi connectivity index (χ3v) is 7.94. The van der Waals surface area contributed by atoms with Gasteiger partial charge in [-0.3, -0.25) is 4.90 Å². The number of aryl methyl sites for hydroxylation is 1. The Bertz CT molecular complexity index is 1150. The average Bonchev–Trinajstić information content (AvgIpc) is 2.74. The first-order chi connectivity index (χ1) is 16.2. The highest BCUT2D eigenvalue weighted by atomic mass is 32.2. The van der Waals surface area contributed by atoms with Crippen LogP contribution in [-0.4, -0.2) is 62.1 Å². The van der Waals surface area contributed by atoms with E-state index in [1.807, 2.05) is 33.8 Å². The van der Waals surface area contributed by atoms with E-state index in [2.05, 4.69) is 4.90 Å². The Morgan fingerprint density at radius 1 is 1.20 bits per heavy atom. The molecule has 10 heteroatoms. The highest BCUT2D eigenvalue weighted by molar-refractivity contribution is 7.99. The molecule has 2 aromatic carbocycles. The van der Waals surface area contributed by atoms with Crippen molar-refractivity contribution in [1.29, 1.82) is 0 Å². The van der Waals surface area contributed by atoms with Gasteiger partial charge in [0.1, 0.15) is 11.4 Å². The predicted molar refractivity (Wildman–Crippen MR) is 136 cm³/mol. The van der Waals surface area contributed by atoms with Crippen molar-refractivity contribution in [2.24, 2.45) is 5.14 Å². The Labute approximate surface area is 211 Å². The molecule has 0 bridgehead atoms. The Balaban J connectivity index is 1.76. The molecule has 3 rings (SSSR count). The Morgan fingerprint density at radius 2 is 1.86 bits per heavy atom. The maximum atomic E-state index is 14.4. The second-order valence-corrected chi connectivity index (χ2v) is 12.8. The largest absolute Gasteiger partial charge is 0.444 e. The van der Waals surface area contributed by atoms with Crippen molar-refractivity contribution in [2.75, 3.05) is 26.2 Å². The van der Waals surface area contributed by atoms with Crippen LogP contribution in [0.2, 0.25) is 0 Å². The molecule has 1 saturated heterocycles. The third kappa shape index (κ3) is 7.67. The zero-order valence-corrected chi connectivity index (χ0v) is 22.5. The molecule has 1 unspecified atom stereocenters. The Kier molecular flexibility index (Phi) is 8.52. The van der Waals surface area contributed by atoms with Crippen LogP contribution in [0.3, 0.4) is 0 Å². The summed E-state index contributed by atoms with van der Waals surface area (Å²) >= 11 is 1.54. The summed E-state index contributed by atoms with van der Waals surface area (Å²) in [7, 11) is -3.77. The fourth-order valence-corrected chi connectivity index (χ4v) is 5.62. The van der Waals surface area contributed by atoms with E-state index in [1.54, 1.807) is 36.1 Å². The van der Waals surface area contributed by atoms with E-state index >= 15 is 0 Å². The van der Waals surface area contributed by atoms with Crippen LogP contribution in [0.15, 0.2) is 52.3 Å². The standard InChI is InChI=1S/C25H34FN3O4S2/c1-17-6-7-19(14-22(17)26)23(34-20-8-10-21(11-9-20)35(27,31)32)16-28-12-13-29(18(2)15-28)24(30)33-25(3,4)5/h6-11,14,18,23H,12-13,15-16H2,1-5H3,(H2,27,31,32)/t18-,23?/m1/s1. The maximum Gasteiger partial charge on any atom is 0.410 e. The molecule has 0 aliphatic carbocycles. The van der Waals surface area contributed by atoms with Gasteiger partial charge in [0.15, 0.2) is 0 Å². The van der Waals surface area contributed by atoms with Crippen molar-refractivity contribution < 1.29 is 22.3 Å². The van der Waals surface area contributed by atoms with Gasteiger partial charge in [0, 0.05) is 42.4 Å². The number of halogens is 1. The molecule has 2 N–H and O–H groups in total. The number of hydrogen-bond acceptors (Lipinski definition) is 6. The van der Waals surface area contributed by atoms with Crippen molar-refractivity contribution in [3.63, 3.8) is 0 Å². The number of hydrogen-bond donors (Lipinski definition) is 1. The van der Waals surface area contributed by atoms with Crippen LogP contribution in [-0.2, 0) is 14.8 Å². The molecule has 192 valence electrons. The lowest BCUT2D eigenvalue weighted by Crippen LogP contribution is -2.55. The molecule has 7 nitrogen and oxygen atoms in total. The van der Waals surface area contributed by atoms with E-state index in [4.69, 9.17) is 9.88 Å². The number of benzene rings is 2. The molecule has 1 heterocycles. The van der Waals surface area contributed by atoms with Crippen LogP contribution >= 0.6 is 11.8 Å². The summed E-state index contributed by atoms with van der Waals surface area (Å²) in [5.74, 6) is -0.263. The van der Waals surface area contributed by atoms with Crippen molar-refractivity contribution in [3.8, 4) is 0 Å². The van der Waals surface area contributed by atoms with Gasteiger partial charge in [-0.1, -0.05) is 12.1 Å². The van der Waals surface area contributed by atoms with E-state index in [0.29, 0.717) is 31.7 Å². The number of piperazine rings is 1. The molecule has 2 atom stereocenters. The van der Waals surface area contributed by atoms with Crippen LogP contribution in [0.1, 0.15) is 44.1 Å². The summed E-state index contributed by atoms with van der Waals surface area (Å²) in [5.41, 5.74) is 0.870. The zero-order chi connectivity index (χ0) is 26.0. The molecule has 35 heavy (non-hydrogen) atoms. The lowest BCUT2D eigenvalue weighted by Gasteiger charge is -2.41. The molecule has 0 radical (unpaired) electrons. The molecular formula is C25H34FN3O4S2. The molecule has 1 aliphatic heterocycles. The van der Waals surface area contributed by atoms with E-state index in [1.165, 1.54) is 23.9 Å². The van der Waals surface area contributed by atoms with Gasteiger partial charge in [-0.05, 0) is 76.1 Å². The monoisotopic (exact) mass is 523 g/mol. The number of rotatable bonds is 6. The number of nitrogens with two attached hydrogens (primary N) is 1. The minimum atomic E-state index is -3.77. The summed E-state index contributed by atoms with van der Waals surface area (Å²) in [6.45, 7) is 11.8. The summed E-state index contributed by atoms with van der Waals surface area (Å²) < 4.78 is 43.1. The number of primary sulfonamides is 1. The number of carbonyl (C=O) groups excluding carboxylic acids is 1. The fraction of sp³-hybridized carbons (Fsp3) is 0.480. The van der Waals surface area contributed by atoms with Crippen LogP contribution < -0.4 is 5.14 Å². The quantitative estimate of drug-likeness (QED) is 0.558. The number of sulfonamides is 1. The second-order valence-electron chi connectivity index (χ2n) is 9.91. The van der Waals surface area contributed by atoms with Crippen LogP contribution in [0, 0.1) is 12.7 Å². The number of amides is 1. The normalized spacial score (nSPS) is 18.4. The first kappa shape index (κ1) is 27.4. The molecule has 1 aliphatic rings. The first-order valence-corrected chi connectivity index (χ1v) is 13.9. The lowest BCUT2D eigenvalue weighted by molar-refractivity contribution is 0.00155. The molecule has 0 saturated carbocycles. The summed E-state index contributed by atoms with van der Waals surface area (Å²) in [5, 5.41) is 5.11. The molecule has 1 fully saturated rings. The zero-order valence-electron chi connectivity index (χ0n) is 20.8. The maximum absolute atomic E-state index is 14.4. The van der Waals surface area contributed by atoms with E-state index in [-0.39, 0.29) is 28.1 Å². The topological polar surface area (TPSA) is 92.9 Å². The van der Waals surface area contributed by atoms with Crippen molar-refractivity contribution in [3.05, 3.63) is 59.4 Å². The molecule has 0 spiro atoms. The molecule has 0 aromatic heterocycles. The second kappa shape index (κ2) is 10.9. The predicted octanol–water partition coefficient (Wildman–Crippen LogP) is 4.56. The molecule has 2 aromatic rings. The number of carbonyl (C=O) groups is 1. The highest BCUT2D eigenvalue weighted by Gasteiger charge is 2.32. The van der Waals surface area contributed by atoms with Gasteiger partial charge in [0.2, 0.25) is 10.0 Å². The number of ether oxygens (including phenoxy) is 1. The van der Waals surface area contributed by atoms with Crippen molar-refractivity contribution in [2.45, 2.75) is 61.3 Å². The lowest BCUT2D eigenvalue weighted by atomic mass is 10.1. The van der Waals surface area contributed by atoms with Crippen molar-refractivity contribution in [1.82, 2.24) is 9.80 Å². The number of nitrogens with zero attached hydrogens (tertiary/aromatic N) is 2. The summed E-state index contributed by atoms with van der Waals surface area (Å²) in [4.78, 5) is 17.5. The van der Waals surface area contributed by atoms with Gasteiger partial charge in [0.25, 0.3) is 0 Å². The van der Waals surface area contributed by atoms with E-state index < -0.39 is 15.6 Å². The fourth-order valence-electron chi connectivity index (χ4n) is 3.92. The SMILES string of the molecule is Cc1ccc(C(CN2CCN(C(=O)OC(C)(C)C)[C@H](C)C2)Sc2ccc(S(N)(=O)=O)cc2)cc1F. The van der Waals surface area contributed by atoms with E-state index in [0.717, 1.165) is 10.5 Å². The number of thioether (sulfide) groups is 1. The minimum absolute atomic E-state index is 0.0342. The Morgan fingerprint density at radius 3 is 2.40 bits per heavy atom. The van der Waals surface area contributed by atoms with Gasteiger partial charge in [0.05, 0.1) is 4.90 Å². The third-order valence-electron chi connectivity index (χ3n) is 5.76. The molecule has 1 amide bonds. The van der Waals surface area contributed by atoms with Crippen LogP contribution in [0.25, 0.3) is 0 Å². The van der Waals surface area contributed by atoms with E-state index in [9.17, 15) is 17.6 Å². The summed E-state index contributed by atoms with van der Waals surface area (Å²) in [6, 6.07) is 11.6. The van der Waals surface area contributed by atoms with Crippen molar-refractivity contribution >= 4 is 27.9 Å². The average molecular weight is 524 g/mol. The summed E-state index contributed by atoms with van der Waals surface area (Å²) in [6.07, 6.45) is -0.314. The van der Waals surface area contributed by atoms with Gasteiger partial charge in [-0.2, -0.15) is 0 Å². The first-order valence-electron chi connectivity index (χ1n) is 11.5.